The number of carboxylic acids is 1. The van der Waals surface area contributed by atoms with Gasteiger partial charge in [0.2, 0.25) is 0 Å². The van der Waals surface area contributed by atoms with E-state index < -0.39 is 18.4 Å². The highest BCUT2D eigenvalue weighted by molar-refractivity contribution is 6.45. The quantitative estimate of drug-likeness (QED) is 0.608. The van der Waals surface area contributed by atoms with Gasteiger partial charge in [0.1, 0.15) is 0 Å². The van der Waals surface area contributed by atoms with Gasteiger partial charge in [0.25, 0.3) is 0 Å². The minimum Gasteiger partial charge on any atom is -0.481 e. The summed E-state index contributed by atoms with van der Waals surface area (Å²) in [5, 5.41) is 21.5. The fourth-order valence-corrected chi connectivity index (χ4v) is 2.71. The van der Waals surface area contributed by atoms with Crippen molar-refractivity contribution < 1.29 is 14.9 Å². The molecule has 0 aliphatic heterocycles. The Morgan fingerprint density at radius 3 is 2.60 bits per heavy atom. The van der Waals surface area contributed by atoms with E-state index in [1.165, 1.54) is 0 Å². The van der Waals surface area contributed by atoms with Crippen LogP contribution in [0.4, 0.5) is 0 Å². The largest absolute Gasteiger partial charge is 0.481 e. The first-order valence-corrected chi connectivity index (χ1v) is 5.57. The Balaban J connectivity index is 2.71. The average Bonchev–Trinajstić information content (AvgIpc) is 2.42. The summed E-state index contributed by atoms with van der Waals surface area (Å²) in [6.07, 6.45) is 2.32. The Labute approximate surface area is 91.2 Å². The Morgan fingerprint density at radius 2 is 2.27 bits per heavy atom. The molecular formula is C10H20BNO3. The minimum absolute atomic E-state index is 0.121. The first-order valence-electron chi connectivity index (χ1n) is 5.57. The molecule has 3 atom stereocenters. The Morgan fingerprint density at radius 1 is 1.67 bits per heavy atom. The second kappa shape index (κ2) is 4.53. The molecule has 0 bridgehead atoms. The summed E-state index contributed by atoms with van der Waals surface area (Å²) >= 11 is 0. The van der Waals surface area contributed by atoms with Gasteiger partial charge in [0.05, 0.1) is 5.41 Å². The molecule has 0 spiro atoms. The summed E-state index contributed by atoms with van der Waals surface area (Å²) in [5.41, 5.74) is -0.638. The molecule has 0 saturated heterocycles. The standard InChI is InChI=1S/C10H20BNO3/c1-4-7-5-8(12-11(3)15)6-10(7,2)9(13)14/h7-8,12,15H,4-6H2,1-3H3,(H,13,14)/t7-,8+,10+/m1/s1. The molecular weight excluding hydrogens is 193 g/mol. The Hall–Kier alpha value is -0.545. The average molecular weight is 213 g/mol. The van der Waals surface area contributed by atoms with Crippen molar-refractivity contribution in [1.82, 2.24) is 5.23 Å². The van der Waals surface area contributed by atoms with Gasteiger partial charge in [-0.2, -0.15) is 0 Å². The van der Waals surface area contributed by atoms with Crippen LogP contribution in [0.3, 0.4) is 0 Å². The maximum Gasteiger partial charge on any atom is 0.373 e. The van der Waals surface area contributed by atoms with E-state index in [-0.39, 0.29) is 12.0 Å². The van der Waals surface area contributed by atoms with Crippen LogP contribution in [0.15, 0.2) is 0 Å². The predicted molar refractivity (Wildman–Crippen MR) is 59.5 cm³/mol. The first-order chi connectivity index (χ1) is 6.90. The number of aliphatic carboxylic acids is 1. The van der Waals surface area contributed by atoms with Crippen molar-refractivity contribution in [2.45, 2.75) is 46.0 Å². The molecule has 0 radical (unpaired) electrons. The number of carboxylic acid groups (broad SMARTS) is 1. The molecule has 1 aliphatic carbocycles. The van der Waals surface area contributed by atoms with Crippen molar-refractivity contribution in [3.05, 3.63) is 0 Å². The molecule has 4 nitrogen and oxygen atoms in total. The second-order valence-electron chi connectivity index (χ2n) is 4.81. The van der Waals surface area contributed by atoms with Gasteiger partial charge in [0, 0.05) is 0 Å². The van der Waals surface area contributed by atoms with Gasteiger partial charge >= 0.3 is 13.0 Å². The molecule has 1 fully saturated rings. The number of nitrogens with one attached hydrogen (secondary N) is 1. The third kappa shape index (κ3) is 2.52. The van der Waals surface area contributed by atoms with Gasteiger partial charge in [0.15, 0.2) is 0 Å². The smallest absolute Gasteiger partial charge is 0.373 e. The van der Waals surface area contributed by atoms with E-state index in [4.69, 9.17) is 0 Å². The molecule has 0 aromatic heterocycles. The number of carbonyl (C=O) groups is 1. The van der Waals surface area contributed by atoms with Crippen LogP contribution in [0.5, 0.6) is 0 Å². The SMILES string of the molecule is CC[C@@H]1C[C@H](NB(C)O)C[C@]1(C)C(=O)O. The normalized spacial score (nSPS) is 35.5. The molecule has 0 aromatic rings. The van der Waals surface area contributed by atoms with Crippen LogP contribution in [0.25, 0.3) is 0 Å². The van der Waals surface area contributed by atoms with Crippen molar-refractivity contribution in [3.8, 4) is 0 Å². The minimum atomic E-state index is -0.718. The Bertz CT molecular complexity index is 247. The number of hydrogen-bond donors (Lipinski definition) is 3. The van der Waals surface area contributed by atoms with Gasteiger partial charge in [-0.1, -0.05) is 13.3 Å². The molecule has 86 valence electrons. The fourth-order valence-electron chi connectivity index (χ4n) is 2.71. The zero-order valence-electron chi connectivity index (χ0n) is 9.66. The van der Waals surface area contributed by atoms with Gasteiger partial charge < -0.3 is 15.4 Å². The molecule has 1 saturated carbocycles. The molecule has 0 heterocycles. The zero-order valence-corrected chi connectivity index (χ0v) is 9.66. The second-order valence-corrected chi connectivity index (χ2v) is 4.81. The van der Waals surface area contributed by atoms with Crippen LogP contribution in [0.1, 0.15) is 33.1 Å². The van der Waals surface area contributed by atoms with E-state index in [1.54, 1.807) is 6.82 Å². The number of hydrogen-bond acceptors (Lipinski definition) is 3. The summed E-state index contributed by atoms with van der Waals surface area (Å²) in [7, 11) is -0.566. The van der Waals surface area contributed by atoms with Crippen LogP contribution in [0.2, 0.25) is 6.82 Å². The van der Waals surface area contributed by atoms with E-state index in [9.17, 15) is 14.9 Å². The van der Waals surface area contributed by atoms with E-state index >= 15 is 0 Å². The molecule has 3 N–H and O–H groups in total. The lowest BCUT2D eigenvalue weighted by Gasteiger charge is -2.25. The van der Waals surface area contributed by atoms with E-state index in [2.05, 4.69) is 5.23 Å². The fraction of sp³-hybridized carbons (Fsp3) is 0.900. The highest BCUT2D eigenvalue weighted by Crippen LogP contribution is 2.45. The third-order valence-corrected chi connectivity index (χ3v) is 3.60. The van der Waals surface area contributed by atoms with Gasteiger partial charge in [-0.3, -0.25) is 4.79 Å². The lowest BCUT2D eigenvalue weighted by molar-refractivity contribution is -0.150. The number of rotatable bonds is 4. The molecule has 1 rings (SSSR count). The summed E-state index contributed by atoms with van der Waals surface area (Å²) in [6, 6.07) is 0.121. The van der Waals surface area contributed by atoms with Crippen LogP contribution < -0.4 is 5.23 Å². The zero-order chi connectivity index (χ0) is 11.6. The van der Waals surface area contributed by atoms with Crippen molar-refractivity contribution >= 4 is 13.0 Å². The van der Waals surface area contributed by atoms with E-state index in [0.717, 1.165) is 12.8 Å². The predicted octanol–water partition coefficient (Wildman–Crippen LogP) is 0.966. The topological polar surface area (TPSA) is 69.6 Å². The summed E-state index contributed by atoms with van der Waals surface area (Å²) < 4.78 is 0. The molecule has 5 heteroatoms. The van der Waals surface area contributed by atoms with Gasteiger partial charge in [-0.15, -0.1) is 0 Å². The maximum absolute atomic E-state index is 11.2. The summed E-state index contributed by atoms with van der Waals surface area (Å²) in [5.74, 6) is -0.518. The lowest BCUT2D eigenvalue weighted by Crippen LogP contribution is -2.39. The molecule has 0 unspecified atom stereocenters. The van der Waals surface area contributed by atoms with Crippen LogP contribution >= 0.6 is 0 Å². The van der Waals surface area contributed by atoms with Crippen LogP contribution in [-0.4, -0.2) is 29.2 Å². The van der Waals surface area contributed by atoms with E-state index in [1.807, 2.05) is 13.8 Å². The van der Waals surface area contributed by atoms with Crippen molar-refractivity contribution in [2.24, 2.45) is 11.3 Å². The molecule has 0 amide bonds. The highest BCUT2D eigenvalue weighted by Gasteiger charge is 2.48. The third-order valence-electron chi connectivity index (χ3n) is 3.60. The molecule has 0 aromatic carbocycles. The van der Waals surface area contributed by atoms with Crippen molar-refractivity contribution in [3.63, 3.8) is 0 Å². The highest BCUT2D eigenvalue weighted by atomic mass is 16.4. The lowest BCUT2D eigenvalue weighted by atomic mass is 9.78. The maximum atomic E-state index is 11.2. The molecule has 1 aliphatic rings. The monoisotopic (exact) mass is 213 g/mol. The Kier molecular flexibility index (Phi) is 3.79. The first kappa shape index (κ1) is 12.5. The van der Waals surface area contributed by atoms with Gasteiger partial charge in [-0.25, -0.2) is 0 Å². The van der Waals surface area contributed by atoms with Gasteiger partial charge in [-0.05, 0) is 38.5 Å². The van der Waals surface area contributed by atoms with E-state index in [0.29, 0.717) is 6.42 Å². The van der Waals surface area contributed by atoms with Crippen LogP contribution in [-0.2, 0) is 4.79 Å². The van der Waals surface area contributed by atoms with Crippen molar-refractivity contribution in [1.29, 1.82) is 0 Å². The van der Waals surface area contributed by atoms with Crippen LogP contribution in [0, 0.1) is 11.3 Å². The van der Waals surface area contributed by atoms with Crippen molar-refractivity contribution in [2.75, 3.05) is 0 Å². The summed E-state index contributed by atoms with van der Waals surface area (Å²) in [4.78, 5) is 11.2. The summed E-state index contributed by atoms with van der Waals surface area (Å²) in [6.45, 7) is 5.50. The molecule has 15 heavy (non-hydrogen) atoms.